The minimum absolute atomic E-state index is 0.189. The zero-order valence-corrected chi connectivity index (χ0v) is 13.0. The van der Waals surface area contributed by atoms with Crippen LogP contribution in [0.4, 0.5) is 4.79 Å². The highest BCUT2D eigenvalue weighted by Crippen LogP contribution is 2.19. The normalized spacial score (nSPS) is 20.4. The summed E-state index contributed by atoms with van der Waals surface area (Å²) < 4.78 is 6.20. The summed E-state index contributed by atoms with van der Waals surface area (Å²) >= 11 is 0. The van der Waals surface area contributed by atoms with Gasteiger partial charge in [-0.3, -0.25) is 19.7 Å². The number of hydrazine groups is 1. The number of aromatic nitrogens is 2. The van der Waals surface area contributed by atoms with Gasteiger partial charge in [0.15, 0.2) is 6.61 Å². The fraction of sp³-hybridized carbons (Fsp3) is 0.462. The van der Waals surface area contributed by atoms with Crippen LogP contribution in [0.25, 0.3) is 0 Å². The second-order valence-electron chi connectivity index (χ2n) is 5.27. The molecular weight excluding hydrogens is 306 g/mol. The van der Waals surface area contributed by atoms with Gasteiger partial charge in [0.25, 0.3) is 11.8 Å². The van der Waals surface area contributed by atoms with E-state index in [4.69, 9.17) is 4.74 Å². The molecule has 0 radical (unpaired) electrons. The number of hydrogen-bond donors (Lipinski definition) is 2. The van der Waals surface area contributed by atoms with Crippen molar-refractivity contribution in [3.63, 3.8) is 0 Å². The van der Waals surface area contributed by atoms with Gasteiger partial charge < -0.3 is 10.1 Å². The Morgan fingerprint density at radius 1 is 1.43 bits per heavy atom. The van der Waals surface area contributed by atoms with E-state index in [2.05, 4.69) is 15.8 Å². The number of carbonyl (C=O) groups excluding carboxylic acids is 4. The molecule has 0 bridgehead atoms. The zero-order chi connectivity index (χ0) is 17.2. The number of imide groups is 1. The summed E-state index contributed by atoms with van der Waals surface area (Å²) in [7, 11) is 1.63. The number of amides is 4. The van der Waals surface area contributed by atoms with Crippen molar-refractivity contribution in [3.8, 4) is 0 Å². The molecule has 1 saturated heterocycles. The van der Waals surface area contributed by atoms with Crippen molar-refractivity contribution >= 4 is 23.8 Å². The predicted molar refractivity (Wildman–Crippen MR) is 75.7 cm³/mol. The molecular formula is C13H17N5O5. The van der Waals surface area contributed by atoms with E-state index in [9.17, 15) is 19.2 Å². The maximum atomic E-state index is 12.1. The monoisotopic (exact) mass is 323 g/mol. The second kappa shape index (κ2) is 6.07. The van der Waals surface area contributed by atoms with Crippen molar-refractivity contribution in [2.75, 3.05) is 6.61 Å². The fourth-order valence-corrected chi connectivity index (χ4v) is 1.92. The minimum atomic E-state index is -1.06. The van der Waals surface area contributed by atoms with E-state index in [1.54, 1.807) is 20.9 Å². The van der Waals surface area contributed by atoms with Crippen molar-refractivity contribution < 1.29 is 23.9 Å². The van der Waals surface area contributed by atoms with Crippen LogP contribution >= 0.6 is 0 Å². The molecule has 23 heavy (non-hydrogen) atoms. The molecule has 1 aliphatic heterocycles. The molecule has 124 valence electrons. The molecule has 0 saturated carbocycles. The van der Waals surface area contributed by atoms with Crippen molar-refractivity contribution in [1.29, 1.82) is 0 Å². The van der Waals surface area contributed by atoms with Crippen LogP contribution in [-0.2, 0) is 21.4 Å². The molecule has 1 aromatic rings. The maximum absolute atomic E-state index is 12.1. The van der Waals surface area contributed by atoms with Crippen LogP contribution in [0, 0.1) is 0 Å². The Kier molecular flexibility index (Phi) is 4.34. The molecule has 2 heterocycles. The third kappa shape index (κ3) is 3.30. The number of esters is 1. The molecule has 4 amide bonds. The molecule has 0 spiro atoms. The first-order chi connectivity index (χ1) is 10.8. The highest BCUT2D eigenvalue weighted by Gasteiger charge is 2.47. The summed E-state index contributed by atoms with van der Waals surface area (Å²) in [6.45, 7) is 2.66. The fourth-order valence-electron chi connectivity index (χ4n) is 1.92. The SMILES string of the molecule is CCC1(C)NC(=O)N(NC(=O)COC(=O)c2cnn(C)c2)C1=O. The molecule has 10 nitrogen and oxygen atoms in total. The Labute approximate surface area is 131 Å². The molecule has 10 heteroatoms. The average Bonchev–Trinajstić information content (AvgIpc) is 3.03. The number of hydrogen-bond acceptors (Lipinski definition) is 6. The smallest absolute Gasteiger partial charge is 0.344 e. The highest BCUT2D eigenvalue weighted by atomic mass is 16.5. The summed E-state index contributed by atoms with van der Waals surface area (Å²) in [6, 6.07) is -0.730. The Morgan fingerprint density at radius 2 is 2.13 bits per heavy atom. The van der Waals surface area contributed by atoms with Crippen LogP contribution < -0.4 is 10.7 Å². The molecule has 0 aromatic carbocycles. The maximum Gasteiger partial charge on any atom is 0.344 e. The standard InChI is InChI=1S/C13H17N5O5/c1-4-13(2)11(21)18(12(22)15-13)16-9(19)7-23-10(20)8-5-14-17(3)6-8/h5-6H,4,7H2,1-3H3,(H,15,22)(H,16,19). The topological polar surface area (TPSA) is 123 Å². The van der Waals surface area contributed by atoms with Crippen molar-refractivity contribution in [2.45, 2.75) is 25.8 Å². The highest BCUT2D eigenvalue weighted by molar-refractivity contribution is 6.07. The van der Waals surface area contributed by atoms with Crippen LogP contribution in [0.15, 0.2) is 12.4 Å². The van der Waals surface area contributed by atoms with Gasteiger partial charge >= 0.3 is 12.0 Å². The van der Waals surface area contributed by atoms with Gasteiger partial charge in [0.2, 0.25) is 0 Å². The molecule has 2 N–H and O–H groups in total. The van der Waals surface area contributed by atoms with E-state index in [1.807, 2.05) is 0 Å². The first-order valence-corrected chi connectivity index (χ1v) is 6.89. The lowest BCUT2D eigenvalue weighted by Gasteiger charge is -2.19. The van der Waals surface area contributed by atoms with Crippen molar-refractivity contribution in [1.82, 2.24) is 25.5 Å². The summed E-state index contributed by atoms with van der Waals surface area (Å²) in [4.78, 5) is 47.2. The van der Waals surface area contributed by atoms with Crippen LogP contribution in [0.1, 0.15) is 30.6 Å². The Hall–Kier alpha value is -2.91. The van der Waals surface area contributed by atoms with E-state index < -0.39 is 36.0 Å². The number of nitrogens with zero attached hydrogens (tertiary/aromatic N) is 3. The lowest BCUT2D eigenvalue weighted by Crippen LogP contribution is -2.49. The van der Waals surface area contributed by atoms with E-state index in [0.717, 1.165) is 0 Å². The Morgan fingerprint density at radius 3 is 2.65 bits per heavy atom. The van der Waals surface area contributed by atoms with Crippen molar-refractivity contribution in [3.05, 3.63) is 18.0 Å². The van der Waals surface area contributed by atoms with E-state index in [-0.39, 0.29) is 5.56 Å². The van der Waals surface area contributed by atoms with Gasteiger partial charge in [-0.25, -0.2) is 9.59 Å². The van der Waals surface area contributed by atoms with E-state index >= 15 is 0 Å². The summed E-state index contributed by atoms with van der Waals surface area (Å²) in [5.41, 5.74) is 1.24. The Bertz CT molecular complexity index is 669. The third-order valence-corrected chi connectivity index (χ3v) is 3.48. The molecule has 1 unspecified atom stereocenters. The van der Waals surface area contributed by atoms with Gasteiger partial charge in [0.05, 0.1) is 11.8 Å². The minimum Gasteiger partial charge on any atom is -0.452 e. The number of nitrogens with one attached hydrogen (secondary N) is 2. The lowest BCUT2D eigenvalue weighted by molar-refractivity contribution is -0.139. The molecule has 1 fully saturated rings. The predicted octanol–water partition coefficient (Wildman–Crippen LogP) is -0.671. The Balaban J connectivity index is 1.89. The second-order valence-corrected chi connectivity index (χ2v) is 5.27. The van der Waals surface area contributed by atoms with Gasteiger partial charge in [0.1, 0.15) is 5.54 Å². The van der Waals surface area contributed by atoms with Gasteiger partial charge in [0, 0.05) is 13.2 Å². The quantitative estimate of drug-likeness (QED) is 0.547. The van der Waals surface area contributed by atoms with E-state index in [0.29, 0.717) is 11.4 Å². The van der Waals surface area contributed by atoms with Crippen LogP contribution in [0.5, 0.6) is 0 Å². The van der Waals surface area contributed by atoms with Crippen molar-refractivity contribution in [2.24, 2.45) is 7.05 Å². The largest absolute Gasteiger partial charge is 0.452 e. The summed E-state index contributed by atoms with van der Waals surface area (Å²) in [5.74, 6) is -2.10. The number of carbonyl (C=O) groups is 4. The number of aryl methyl sites for hydroxylation is 1. The first-order valence-electron chi connectivity index (χ1n) is 6.89. The van der Waals surface area contributed by atoms with Crippen LogP contribution in [0.2, 0.25) is 0 Å². The summed E-state index contributed by atoms with van der Waals surface area (Å²) in [5, 5.41) is 6.87. The number of urea groups is 1. The summed E-state index contributed by atoms with van der Waals surface area (Å²) in [6.07, 6.45) is 3.11. The van der Waals surface area contributed by atoms with E-state index in [1.165, 1.54) is 17.1 Å². The van der Waals surface area contributed by atoms with Gasteiger partial charge in [-0.1, -0.05) is 6.92 Å². The number of ether oxygens (including phenoxy) is 1. The zero-order valence-electron chi connectivity index (χ0n) is 13.0. The van der Waals surface area contributed by atoms with Gasteiger partial charge in [-0.2, -0.15) is 10.1 Å². The van der Waals surface area contributed by atoms with Gasteiger partial charge in [-0.05, 0) is 13.3 Å². The third-order valence-electron chi connectivity index (χ3n) is 3.48. The number of rotatable bonds is 5. The first kappa shape index (κ1) is 16.5. The lowest BCUT2D eigenvalue weighted by atomic mass is 10.00. The van der Waals surface area contributed by atoms with Crippen LogP contribution in [-0.4, -0.2) is 50.7 Å². The van der Waals surface area contributed by atoms with Crippen LogP contribution in [0.3, 0.4) is 0 Å². The average molecular weight is 323 g/mol. The molecule has 1 aliphatic rings. The molecule has 0 aliphatic carbocycles. The van der Waals surface area contributed by atoms with Gasteiger partial charge in [-0.15, -0.1) is 0 Å². The molecule has 1 atom stereocenters. The molecule has 2 rings (SSSR count). The molecule has 1 aromatic heterocycles.